The van der Waals surface area contributed by atoms with Crippen LogP contribution in [0.5, 0.6) is 0 Å². The lowest BCUT2D eigenvalue weighted by atomic mass is 10.0. The number of hydrogen-bond acceptors (Lipinski definition) is 6. The third kappa shape index (κ3) is 62.4. The zero-order valence-corrected chi connectivity index (χ0v) is 50.6. The van der Waals surface area contributed by atoms with Gasteiger partial charge in [-0.25, -0.2) is 0 Å². The van der Waals surface area contributed by atoms with Crippen molar-refractivity contribution in [3.05, 3.63) is 134 Å². The topological polar surface area (TPSA) is 78.9 Å². The summed E-state index contributed by atoms with van der Waals surface area (Å²) >= 11 is 0. The van der Waals surface area contributed by atoms with Gasteiger partial charge in [0.15, 0.2) is 6.10 Å². The van der Waals surface area contributed by atoms with Crippen LogP contribution in [0.2, 0.25) is 0 Å². The van der Waals surface area contributed by atoms with Crippen LogP contribution in [0.25, 0.3) is 0 Å². The van der Waals surface area contributed by atoms with Crippen LogP contribution in [-0.4, -0.2) is 37.2 Å². The van der Waals surface area contributed by atoms with Crippen molar-refractivity contribution in [2.45, 2.75) is 290 Å². The summed E-state index contributed by atoms with van der Waals surface area (Å²) in [6.45, 7) is 6.43. The van der Waals surface area contributed by atoms with Crippen molar-refractivity contribution in [2.75, 3.05) is 13.2 Å². The standard InChI is InChI=1S/C72H118O6/c1-4-7-10-13-16-19-22-24-26-28-29-30-31-32-33-34-35-36-37-38-39-40-41-42-43-45-46-48-50-53-56-59-62-65-71(74)77-68-69(67-76-70(73)64-61-58-55-52-21-18-15-12-9-6-3)78-72(75)66-63-60-57-54-51-49-47-44-27-25-23-20-17-14-11-8-5-2/h7,10,12,15-16,19,24,26,29-30,32-33,35-36,38-39,41-42,45-46,50,53,69H,4-6,8-9,11,13-14,17-18,20-23,25,27-28,31,34,37,40,43-44,47-49,51-52,54-68H2,1-3H3/b10-7-,15-12-,19-16-,26-24-,30-29-,33-32-,36-35-,39-38-,42-41-,46-45-,53-50-. The maximum absolute atomic E-state index is 12.9. The van der Waals surface area contributed by atoms with Crippen molar-refractivity contribution in [1.29, 1.82) is 0 Å². The molecule has 0 saturated heterocycles. The van der Waals surface area contributed by atoms with Crippen LogP contribution in [0, 0.1) is 0 Å². The van der Waals surface area contributed by atoms with E-state index in [-0.39, 0.29) is 31.1 Å². The van der Waals surface area contributed by atoms with Crippen LogP contribution in [0.1, 0.15) is 284 Å². The van der Waals surface area contributed by atoms with Gasteiger partial charge < -0.3 is 14.2 Å². The number of carbonyl (C=O) groups is 3. The molecule has 0 fully saturated rings. The summed E-state index contributed by atoms with van der Waals surface area (Å²) in [4.78, 5) is 38.2. The summed E-state index contributed by atoms with van der Waals surface area (Å²) < 4.78 is 16.8. The Morgan fingerprint density at radius 3 is 0.872 bits per heavy atom. The molecule has 0 aromatic rings. The first-order valence-electron chi connectivity index (χ1n) is 32.2. The summed E-state index contributed by atoms with van der Waals surface area (Å²) in [7, 11) is 0. The smallest absolute Gasteiger partial charge is 0.306 e. The Bertz CT molecular complexity index is 1670. The summed E-state index contributed by atoms with van der Waals surface area (Å²) in [5.41, 5.74) is 0. The molecule has 0 rings (SSSR count). The highest BCUT2D eigenvalue weighted by Gasteiger charge is 2.19. The molecule has 0 N–H and O–H groups in total. The number of esters is 3. The van der Waals surface area contributed by atoms with Gasteiger partial charge in [0.25, 0.3) is 0 Å². The molecule has 0 aromatic heterocycles. The number of rotatable bonds is 57. The summed E-state index contributed by atoms with van der Waals surface area (Å²) in [5.74, 6) is -0.949. The largest absolute Gasteiger partial charge is 0.462 e. The molecule has 0 radical (unpaired) electrons. The summed E-state index contributed by atoms with van der Waals surface area (Å²) in [5, 5.41) is 0. The van der Waals surface area contributed by atoms with Gasteiger partial charge >= 0.3 is 17.9 Å². The number of allylic oxidation sites excluding steroid dienone is 22. The van der Waals surface area contributed by atoms with Crippen molar-refractivity contribution < 1.29 is 28.6 Å². The quantitative estimate of drug-likeness (QED) is 0.0261. The summed E-state index contributed by atoms with van der Waals surface area (Å²) in [6.07, 6.45) is 91.9. The number of carbonyl (C=O) groups excluding carboxylic acids is 3. The second-order valence-corrected chi connectivity index (χ2v) is 20.9. The van der Waals surface area contributed by atoms with E-state index in [0.717, 1.165) is 135 Å². The maximum atomic E-state index is 12.9. The Kier molecular flexibility index (Phi) is 61.4. The Labute approximate surface area is 481 Å². The predicted molar refractivity (Wildman–Crippen MR) is 339 cm³/mol. The average molecular weight is 1080 g/mol. The van der Waals surface area contributed by atoms with Crippen molar-refractivity contribution in [3.63, 3.8) is 0 Å². The molecular formula is C72H118O6. The van der Waals surface area contributed by atoms with Gasteiger partial charge in [0.2, 0.25) is 0 Å². The fraction of sp³-hybridized carbons (Fsp3) is 0.653. The van der Waals surface area contributed by atoms with Gasteiger partial charge in [-0.1, -0.05) is 283 Å². The van der Waals surface area contributed by atoms with Crippen LogP contribution in [-0.2, 0) is 28.6 Å². The minimum absolute atomic E-state index is 0.0970. The van der Waals surface area contributed by atoms with Gasteiger partial charge in [-0.3, -0.25) is 14.4 Å². The van der Waals surface area contributed by atoms with E-state index in [1.165, 1.54) is 103 Å². The van der Waals surface area contributed by atoms with Gasteiger partial charge in [0, 0.05) is 19.3 Å². The Morgan fingerprint density at radius 1 is 0.269 bits per heavy atom. The first-order valence-corrected chi connectivity index (χ1v) is 32.2. The molecule has 442 valence electrons. The molecule has 1 atom stereocenters. The third-order valence-electron chi connectivity index (χ3n) is 13.4. The van der Waals surface area contributed by atoms with E-state index in [1.807, 2.05) is 0 Å². The molecule has 78 heavy (non-hydrogen) atoms. The van der Waals surface area contributed by atoms with E-state index >= 15 is 0 Å². The van der Waals surface area contributed by atoms with Crippen LogP contribution in [0.4, 0.5) is 0 Å². The van der Waals surface area contributed by atoms with Crippen LogP contribution in [0.3, 0.4) is 0 Å². The second kappa shape index (κ2) is 65.1. The number of ether oxygens (including phenoxy) is 3. The highest BCUT2D eigenvalue weighted by Crippen LogP contribution is 2.16. The third-order valence-corrected chi connectivity index (χ3v) is 13.4. The van der Waals surface area contributed by atoms with E-state index in [9.17, 15) is 14.4 Å². The van der Waals surface area contributed by atoms with Gasteiger partial charge in [-0.2, -0.15) is 0 Å². The Hall–Kier alpha value is -4.45. The lowest BCUT2D eigenvalue weighted by Gasteiger charge is -2.18. The fourth-order valence-corrected chi connectivity index (χ4v) is 8.59. The average Bonchev–Trinajstić information content (AvgIpc) is 3.44. The van der Waals surface area contributed by atoms with Gasteiger partial charge in [-0.05, 0) is 116 Å². The maximum Gasteiger partial charge on any atom is 0.306 e. The number of unbranched alkanes of at least 4 members (excludes halogenated alkanes) is 24. The van der Waals surface area contributed by atoms with E-state index in [1.54, 1.807) is 0 Å². The second-order valence-electron chi connectivity index (χ2n) is 20.9. The molecule has 0 aliphatic rings. The molecule has 0 aliphatic heterocycles. The van der Waals surface area contributed by atoms with E-state index in [0.29, 0.717) is 25.7 Å². The Balaban J connectivity index is 4.32. The molecule has 0 bridgehead atoms. The lowest BCUT2D eigenvalue weighted by molar-refractivity contribution is -0.167. The molecule has 0 saturated carbocycles. The molecule has 0 heterocycles. The highest BCUT2D eigenvalue weighted by molar-refractivity contribution is 5.71. The summed E-state index contributed by atoms with van der Waals surface area (Å²) in [6, 6.07) is 0. The van der Waals surface area contributed by atoms with Gasteiger partial charge in [-0.15, -0.1) is 0 Å². The predicted octanol–water partition coefficient (Wildman–Crippen LogP) is 22.2. The fourth-order valence-electron chi connectivity index (χ4n) is 8.59. The van der Waals surface area contributed by atoms with E-state index in [2.05, 4.69) is 154 Å². The highest BCUT2D eigenvalue weighted by atomic mass is 16.6. The lowest BCUT2D eigenvalue weighted by Crippen LogP contribution is -2.30. The van der Waals surface area contributed by atoms with Crippen molar-refractivity contribution in [3.8, 4) is 0 Å². The molecule has 0 spiro atoms. The monoisotopic (exact) mass is 1080 g/mol. The molecule has 6 nitrogen and oxygen atoms in total. The molecule has 6 heteroatoms. The van der Waals surface area contributed by atoms with Crippen LogP contribution < -0.4 is 0 Å². The van der Waals surface area contributed by atoms with Crippen molar-refractivity contribution in [1.82, 2.24) is 0 Å². The molecule has 1 unspecified atom stereocenters. The zero-order valence-electron chi connectivity index (χ0n) is 50.6. The Morgan fingerprint density at radius 2 is 0.526 bits per heavy atom. The normalized spacial score (nSPS) is 13.0. The minimum atomic E-state index is -0.801. The zero-order chi connectivity index (χ0) is 56.4. The molecule has 0 amide bonds. The molecule has 0 aliphatic carbocycles. The SMILES string of the molecule is CC/C=C\C/C=C\C/C=C\C/C=C\C/C=C\C/C=C\C/C=C\C/C=C\C/C=C\C/C=C\CCCCC(=O)OCC(COC(=O)CCCCCCC/C=C\CCC)OC(=O)CCCCCCCCCCCCCCCCCCC. The van der Waals surface area contributed by atoms with E-state index < -0.39 is 6.10 Å². The van der Waals surface area contributed by atoms with Crippen molar-refractivity contribution >= 4 is 17.9 Å². The first kappa shape index (κ1) is 73.5. The first-order chi connectivity index (χ1) is 38.5. The van der Waals surface area contributed by atoms with Crippen LogP contribution >= 0.6 is 0 Å². The molecule has 0 aromatic carbocycles. The van der Waals surface area contributed by atoms with Crippen LogP contribution in [0.15, 0.2) is 134 Å². The minimum Gasteiger partial charge on any atom is -0.462 e. The van der Waals surface area contributed by atoms with Crippen molar-refractivity contribution in [2.24, 2.45) is 0 Å². The molecular weight excluding hydrogens is 961 g/mol. The van der Waals surface area contributed by atoms with E-state index in [4.69, 9.17) is 14.2 Å². The number of hydrogen-bond donors (Lipinski definition) is 0. The van der Waals surface area contributed by atoms with Gasteiger partial charge in [0.1, 0.15) is 13.2 Å². The van der Waals surface area contributed by atoms with Gasteiger partial charge in [0.05, 0.1) is 0 Å².